The van der Waals surface area contributed by atoms with Crippen LogP contribution in [0.5, 0.6) is 0 Å². The van der Waals surface area contributed by atoms with Gasteiger partial charge in [-0.05, 0) is 30.0 Å². The average molecular weight is 265 g/mol. The van der Waals surface area contributed by atoms with E-state index in [-0.39, 0.29) is 0 Å². The highest BCUT2D eigenvalue weighted by atomic mass is 32.2. The first-order valence-corrected chi connectivity index (χ1v) is 7.90. The minimum Gasteiger partial charge on any atom is -0.368 e. The lowest BCUT2D eigenvalue weighted by Crippen LogP contribution is -2.20. The van der Waals surface area contributed by atoms with Gasteiger partial charge in [-0.15, -0.1) is 11.3 Å². The van der Waals surface area contributed by atoms with Gasteiger partial charge in [-0.25, -0.2) is 9.97 Å². The Morgan fingerprint density at radius 1 is 1.35 bits per heavy atom. The summed E-state index contributed by atoms with van der Waals surface area (Å²) in [5.41, 5.74) is 1.05. The van der Waals surface area contributed by atoms with Crippen molar-refractivity contribution in [3.8, 4) is 0 Å². The lowest BCUT2D eigenvalue weighted by atomic mass is 10.2. The summed E-state index contributed by atoms with van der Waals surface area (Å²) < 4.78 is 1.17. The summed E-state index contributed by atoms with van der Waals surface area (Å²) in [5, 5.41) is 6.30. The van der Waals surface area contributed by atoms with Crippen molar-refractivity contribution in [2.75, 3.05) is 17.6 Å². The number of nitrogens with zero attached hydrogens (tertiary/aromatic N) is 2. The Morgan fingerprint density at radius 2 is 2.35 bits per heavy atom. The third-order valence-corrected chi connectivity index (χ3v) is 5.32. The Balaban J connectivity index is 1.69. The van der Waals surface area contributed by atoms with Gasteiger partial charge < -0.3 is 5.32 Å². The fraction of sp³-hybridized carbons (Fsp3) is 0.500. The number of rotatable bonds is 3. The maximum Gasteiger partial charge on any atom is 0.147 e. The number of thiophene rings is 1. The molecule has 1 aliphatic rings. The average Bonchev–Trinajstić information content (AvgIpc) is 2.86. The highest BCUT2D eigenvalue weighted by Gasteiger charge is 2.14. The van der Waals surface area contributed by atoms with E-state index in [1.165, 1.54) is 29.7 Å². The molecule has 3 heterocycles. The van der Waals surface area contributed by atoms with Gasteiger partial charge >= 0.3 is 0 Å². The van der Waals surface area contributed by atoms with Crippen molar-refractivity contribution < 1.29 is 0 Å². The normalized spacial score (nSPS) is 20.6. The maximum absolute atomic E-state index is 4.34. The Labute approximate surface area is 109 Å². The van der Waals surface area contributed by atoms with Crippen LogP contribution in [0.15, 0.2) is 17.8 Å². The van der Waals surface area contributed by atoms with Gasteiger partial charge in [-0.2, -0.15) is 11.8 Å². The van der Waals surface area contributed by atoms with E-state index < -0.39 is 0 Å². The standard InChI is InChI=1S/C12H15N3S2/c1-2-5-16-9(3-1)7-13-12-11-10(4-6-17-11)14-8-15-12/h4,6,8-9H,1-3,5,7H2,(H,13,14,15). The van der Waals surface area contributed by atoms with Gasteiger partial charge in [-0.3, -0.25) is 0 Å². The molecule has 0 aromatic carbocycles. The van der Waals surface area contributed by atoms with Crippen LogP contribution < -0.4 is 5.32 Å². The molecule has 17 heavy (non-hydrogen) atoms. The summed E-state index contributed by atoms with van der Waals surface area (Å²) in [6, 6.07) is 2.04. The summed E-state index contributed by atoms with van der Waals surface area (Å²) in [6.45, 7) is 1.02. The molecule has 90 valence electrons. The summed E-state index contributed by atoms with van der Waals surface area (Å²) in [4.78, 5) is 8.59. The summed E-state index contributed by atoms with van der Waals surface area (Å²) in [7, 11) is 0. The Bertz CT molecular complexity index is 491. The molecule has 2 aromatic heterocycles. The van der Waals surface area contributed by atoms with Crippen molar-refractivity contribution in [2.45, 2.75) is 24.5 Å². The fourth-order valence-corrected chi connectivity index (χ4v) is 4.14. The molecule has 3 nitrogen and oxygen atoms in total. The van der Waals surface area contributed by atoms with Crippen molar-refractivity contribution in [1.29, 1.82) is 0 Å². The largest absolute Gasteiger partial charge is 0.368 e. The molecular weight excluding hydrogens is 250 g/mol. The number of hydrogen-bond acceptors (Lipinski definition) is 5. The first-order chi connectivity index (χ1) is 8.43. The molecule has 1 saturated heterocycles. The fourth-order valence-electron chi connectivity index (χ4n) is 2.09. The molecule has 5 heteroatoms. The van der Waals surface area contributed by atoms with E-state index in [1.54, 1.807) is 17.7 Å². The highest BCUT2D eigenvalue weighted by Crippen LogP contribution is 2.28. The molecule has 0 spiro atoms. The number of thioether (sulfide) groups is 1. The molecule has 0 aliphatic carbocycles. The highest BCUT2D eigenvalue weighted by molar-refractivity contribution is 7.99. The third-order valence-electron chi connectivity index (χ3n) is 3.01. The topological polar surface area (TPSA) is 37.8 Å². The Kier molecular flexibility index (Phi) is 3.47. The second-order valence-electron chi connectivity index (χ2n) is 4.23. The lowest BCUT2D eigenvalue weighted by Gasteiger charge is -2.21. The molecule has 2 aromatic rings. The molecule has 3 rings (SSSR count). The number of anilines is 1. The van der Waals surface area contributed by atoms with Crippen LogP contribution >= 0.6 is 23.1 Å². The number of nitrogens with one attached hydrogen (secondary N) is 1. The zero-order valence-corrected chi connectivity index (χ0v) is 11.2. The van der Waals surface area contributed by atoms with Crippen molar-refractivity contribution in [1.82, 2.24) is 9.97 Å². The van der Waals surface area contributed by atoms with Crippen LogP contribution in [0.2, 0.25) is 0 Å². The van der Waals surface area contributed by atoms with Gasteiger partial charge in [0.25, 0.3) is 0 Å². The van der Waals surface area contributed by atoms with Crippen molar-refractivity contribution >= 4 is 39.1 Å². The molecule has 1 fully saturated rings. The minimum atomic E-state index is 0.744. The van der Waals surface area contributed by atoms with E-state index in [9.17, 15) is 0 Å². The smallest absolute Gasteiger partial charge is 0.147 e. The quantitative estimate of drug-likeness (QED) is 0.923. The van der Waals surface area contributed by atoms with Crippen LogP contribution in [-0.4, -0.2) is 27.5 Å². The molecule has 0 bridgehead atoms. The first kappa shape index (κ1) is 11.3. The summed E-state index contributed by atoms with van der Waals surface area (Å²) >= 11 is 3.79. The number of fused-ring (bicyclic) bond motifs is 1. The van der Waals surface area contributed by atoms with Crippen molar-refractivity contribution in [3.63, 3.8) is 0 Å². The van der Waals surface area contributed by atoms with Crippen LogP contribution in [0, 0.1) is 0 Å². The number of aromatic nitrogens is 2. The van der Waals surface area contributed by atoms with Gasteiger partial charge in [-0.1, -0.05) is 6.42 Å². The summed E-state index contributed by atoms with van der Waals surface area (Å²) in [5.74, 6) is 2.31. The van der Waals surface area contributed by atoms with E-state index in [4.69, 9.17) is 0 Å². The third kappa shape index (κ3) is 2.55. The first-order valence-electron chi connectivity index (χ1n) is 5.97. The summed E-state index contributed by atoms with van der Waals surface area (Å²) in [6.07, 6.45) is 5.73. The van der Waals surface area contributed by atoms with Crippen LogP contribution in [0.25, 0.3) is 10.2 Å². The van der Waals surface area contributed by atoms with Crippen LogP contribution in [0.3, 0.4) is 0 Å². The molecule has 1 N–H and O–H groups in total. The van der Waals surface area contributed by atoms with Gasteiger partial charge in [0.05, 0.1) is 10.2 Å². The molecule has 0 saturated carbocycles. The second kappa shape index (κ2) is 5.23. The molecule has 0 amide bonds. The predicted octanol–water partition coefficient (Wildman–Crippen LogP) is 3.39. The molecular formula is C12H15N3S2. The zero-order chi connectivity index (χ0) is 11.5. The second-order valence-corrected chi connectivity index (χ2v) is 6.55. The Hall–Kier alpha value is -0.810. The van der Waals surface area contributed by atoms with Gasteiger partial charge in [0, 0.05) is 11.8 Å². The zero-order valence-electron chi connectivity index (χ0n) is 9.56. The Morgan fingerprint density at radius 3 is 3.24 bits per heavy atom. The van der Waals surface area contributed by atoms with Gasteiger partial charge in [0.15, 0.2) is 0 Å². The van der Waals surface area contributed by atoms with Crippen molar-refractivity contribution in [3.05, 3.63) is 17.8 Å². The molecule has 0 radical (unpaired) electrons. The van der Waals surface area contributed by atoms with Crippen LogP contribution in [-0.2, 0) is 0 Å². The predicted molar refractivity (Wildman–Crippen MR) is 76.0 cm³/mol. The molecule has 1 atom stereocenters. The van der Waals surface area contributed by atoms with Gasteiger partial charge in [0.1, 0.15) is 12.1 Å². The lowest BCUT2D eigenvalue weighted by molar-refractivity contribution is 0.677. The van der Waals surface area contributed by atoms with Crippen molar-refractivity contribution in [2.24, 2.45) is 0 Å². The van der Waals surface area contributed by atoms with E-state index in [0.717, 1.165) is 23.1 Å². The van der Waals surface area contributed by atoms with Crippen LogP contribution in [0.1, 0.15) is 19.3 Å². The van der Waals surface area contributed by atoms with E-state index in [2.05, 4.69) is 32.4 Å². The molecule has 1 aliphatic heterocycles. The molecule has 1 unspecified atom stereocenters. The van der Waals surface area contributed by atoms with Crippen LogP contribution in [0.4, 0.5) is 5.82 Å². The number of hydrogen-bond donors (Lipinski definition) is 1. The SMILES string of the molecule is c1nc(NCC2CCCCS2)c2sccc2n1. The van der Waals surface area contributed by atoms with E-state index in [1.807, 2.05) is 6.07 Å². The van der Waals surface area contributed by atoms with E-state index >= 15 is 0 Å². The minimum absolute atomic E-state index is 0.744. The maximum atomic E-state index is 4.34. The monoisotopic (exact) mass is 265 g/mol. The van der Waals surface area contributed by atoms with E-state index in [0.29, 0.717) is 0 Å². The van der Waals surface area contributed by atoms with Gasteiger partial charge in [0.2, 0.25) is 0 Å².